The van der Waals surface area contributed by atoms with E-state index >= 15 is 0 Å². The third kappa shape index (κ3) is 4.41. The number of ether oxygens (including phenoxy) is 1. The largest absolute Gasteiger partial charge is 0.481 e. The average Bonchev–Trinajstić information content (AvgIpc) is 3.43. The Bertz CT molecular complexity index is 1580. The summed E-state index contributed by atoms with van der Waals surface area (Å²) < 4.78 is 8.70. The maximum atomic E-state index is 12.8. The molecule has 176 valence electrons. The lowest BCUT2D eigenvalue weighted by Crippen LogP contribution is -2.31. The van der Waals surface area contributed by atoms with Crippen LogP contribution in [0.3, 0.4) is 0 Å². The quantitative estimate of drug-likeness (QED) is 0.394. The van der Waals surface area contributed by atoms with E-state index in [1.807, 2.05) is 49.4 Å². The molecular weight excluding hydrogens is 446 g/mol. The first-order valence-electron chi connectivity index (χ1n) is 11.0. The van der Waals surface area contributed by atoms with Crippen molar-refractivity contribution in [3.8, 4) is 17.4 Å². The topological polar surface area (TPSA) is 120 Å². The Morgan fingerprint density at radius 2 is 1.86 bits per heavy atom. The summed E-state index contributed by atoms with van der Waals surface area (Å²) in [5, 5.41) is 11.9. The van der Waals surface area contributed by atoms with Crippen LogP contribution in [0.4, 0.5) is 5.82 Å². The van der Waals surface area contributed by atoms with Crippen LogP contribution < -0.4 is 15.6 Å². The molecule has 3 heterocycles. The zero-order valence-electron chi connectivity index (χ0n) is 19.4. The molecule has 1 atom stereocenters. The number of para-hydroxylation sites is 1. The minimum Gasteiger partial charge on any atom is -0.481 e. The van der Waals surface area contributed by atoms with E-state index in [1.165, 1.54) is 10.9 Å². The number of fused-ring (bicyclic) bond motifs is 1. The molecule has 0 aliphatic heterocycles. The van der Waals surface area contributed by atoms with Crippen LogP contribution >= 0.6 is 0 Å². The van der Waals surface area contributed by atoms with Crippen LogP contribution in [-0.2, 0) is 4.79 Å². The van der Waals surface area contributed by atoms with Crippen molar-refractivity contribution in [1.29, 1.82) is 0 Å². The maximum Gasteiger partial charge on any atom is 0.266 e. The van der Waals surface area contributed by atoms with Gasteiger partial charge in [-0.25, -0.2) is 4.68 Å². The smallest absolute Gasteiger partial charge is 0.266 e. The number of aromatic nitrogens is 6. The van der Waals surface area contributed by atoms with Gasteiger partial charge in [0, 0.05) is 6.07 Å². The molecule has 0 aliphatic rings. The maximum absolute atomic E-state index is 12.8. The molecule has 10 heteroatoms. The Balaban J connectivity index is 1.49. The first kappa shape index (κ1) is 22.1. The fourth-order valence-corrected chi connectivity index (χ4v) is 3.69. The molecule has 0 saturated heterocycles. The van der Waals surface area contributed by atoms with Crippen LogP contribution in [0.15, 0.2) is 71.7 Å². The van der Waals surface area contributed by atoms with E-state index in [2.05, 4.69) is 25.5 Å². The summed E-state index contributed by atoms with van der Waals surface area (Å²) >= 11 is 0. The molecule has 35 heavy (non-hydrogen) atoms. The average molecular weight is 470 g/mol. The first-order chi connectivity index (χ1) is 16.9. The number of carbonyl (C=O) groups excluding carboxylic acids is 1. The van der Waals surface area contributed by atoms with Crippen LogP contribution in [0.25, 0.3) is 22.7 Å². The van der Waals surface area contributed by atoms with E-state index in [0.717, 1.165) is 11.3 Å². The second-order valence-corrected chi connectivity index (χ2v) is 8.17. The molecule has 0 saturated carbocycles. The number of carbonyl (C=O) groups is 1. The van der Waals surface area contributed by atoms with Crippen LogP contribution in [0.5, 0.6) is 5.75 Å². The van der Waals surface area contributed by atoms with Crippen LogP contribution in [0.1, 0.15) is 18.2 Å². The highest BCUT2D eigenvalue weighted by molar-refractivity contribution is 5.93. The molecule has 1 unspecified atom stereocenters. The molecule has 0 aliphatic carbocycles. The van der Waals surface area contributed by atoms with Gasteiger partial charge in [-0.2, -0.15) is 19.9 Å². The van der Waals surface area contributed by atoms with E-state index in [-0.39, 0.29) is 17.4 Å². The zero-order chi connectivity index (χ0) is 24.5. The van der Waals surface area contributed by atoms with Gasteiger partial charge in [-0.1, -0.05) is 30.3 Å². The molecule has 2 N–H and O–H groups in total. The van der Waals surface area contributed by atoms with Crippen molar-refractivity contribution in [1.82, 2.24) is 29.5 Å². The molecule has 2 aromatic carbocycles. The van der Waals surface area contributed by atoms with Crippen molar-refractivity contribution in [3.63, 3.8) is 0 Å². The number of hydrogen-bond donors (Lipinski definition) is 2. The summed E-state index contributed by atoms with van der Waals surface area (Å²) in [6.45, 7) is 5.41. The fraction of sp³-hybridized carbons (Fsp3) is 0.160. The highest BCUT2D eigenvalue weighted by Crippen LogP contribution is 2.19. The number of aryl methyl sites for hydroxylation is 2. The van der Waals surface area contributed by atoms with Gasteiger partial charge >= 0.3 is 0 Å². The Morgan fingerprint density at radius 1 is 1.06 bits per heavy atom. The molecule has 5 rings (SSSR count). The minimum atomic E-state index is -0.765. The molecule has 0 bridgehead atoms. The predicted molar refractivity (Wildman–Crippen MR) is 131 cm³/mol. The van der Waals surface area contributed by atoms with Gasteiger partial charge in [0.2, 0.25) is 5.95 Å². The summed E-state index contributed by atoms with van der Waals surface area (Å²) in [6.07, 6.45) is 0.714. The van der Waals surface area contributed by atoms with Gasteiger partial charge in [0.1, 0.15) is 17.0 Å². The van der Waals surface area contributed by atoms with Crippen molar-refractivity contribution < 1.29 is 9.53 Å². The first-order valence-corrected chi connectivity index (χ1v) is 11.0. The number of H-pyrrole nitrogens is 1. The number of aromatic amines is 1. The third-order valence-corrected chi connectivity index (χ3v) is 5.38. The van der Waals surface area contributed by atoms with Gasteiger partial charge in [-0.15, -0.1) is 0 Å². The molecule has 0 radical (unpaired) electrons. The van der Waals surface area contributed by atoms with E-state index in [4.69, 9.17) is 4.74 Å². The van der Waals surface area contributed by atoms with Gasteiger partial charge in [0.05, 0.1) is 17.6 Å². The molecule has 3 aromatic heterocycles. The lowest BCUT2D eigenvalue weighted by atomic mass is 10.2. The van der Waals surface area contributed by atoms with Gasteiger partial charge in [0.15, 0.2) is 11.8 Å². The number of rotatable bonds is 6. The summed E-state index contributed by atoms with van der Waals surface area (Å²) in [4.78, 5) is 33.0. The third-order valence-electron chi connectivity index (χ3n) is 5.38. The second kappa shape index (κ2) is 8.90. The standard InChI is InChI=1S/C25H23N7O3/c1-15-8-7-9-18(12-15)31-22-20(14-26-31)24(34)29-25(28-22)32-21(13-16(2)30-32)27-23(33)17(3)35-19-10-5-4-6-11-19/h4-14,17H,1-3H3,(H,27,33)(H,28,29,34). The highest BCUT2D eigenvalue weighted by atomic mass is 16.5. The van der Waals surface area contributed by atoms with Crippen molar-refractivity contribution in [3.05, 3.63) is 88.5 Å². The van der Waals surface area contributed by atoms with Gasteiger partial charge in [-0.3, -0.25) is 14.6 Å². The van der Waals surface area contributed by atoms with Crippen molar-refractivity contribution in [2.45, 2.75) is 26.9 Å². The summed E-state index contributed by atoms with van der Waals surface area (Å²) in [7, 11) is 0. The Hall–Kier alpha value is -4.73. The minimum absolute atomic E-state index is 0.150. The van der Waals surface area contributed by atoms with Crippen molar-refractivity contribution in [2.75, 3.05) is 5.32 Å². The van der Waals surface area contributed by atoms with Crippen molar-refractivity contribution >= 4 is 22.8 Å². The summed E-state index contributed by atoms with van der Waals surface area (Å²) in [6, 6.07) is 18.5. The Morgan fingerprint density at radius 3 is 2.63 bits per heavy atom. The molecule has 10 nitrogen and oxygen atoms in total. The van der Waals surface area contributed by atoms with E-state index in [0.29, 0.717) is 28.3 Å². The van der Waals surface area contributed by atoms with Crippen molar-refractivity contribution in [2.24, 2.45) is 0 Å². The zero-order valence-corrected chi connectivity index (χ0v) is 19.4. The Kier molecular flexibility index (Phi) is 5.61. The highest BCUT2D eigenvalue weighted by Gasteiger charge is 2.20. The second-order valence-electron chi connectivity index (χ2n) is 8.17. The number of benzene rings is 2. The normalized spacial score (nSPS) is 12.0. The monoisotopic (exact) mass is 469 g/mol. The molecule has 1 amide bonds. The number of anilines is 1. The Labute approximate surface area is 200 Å². The van der Waals surface area contributed by atoms with Crippen LogP contribution in [0.2, 0.25) is 0 Å². The number of amides is 1. The van der Waals surface area contributed by atoms with E-state index < -0.39 is 6.10 Å². The summed E-state index contributed by atoms with van der Waals surface area (Å²) in [5.41, 5.74) is 2.47. The van der Waals surface area contributed by atoms with Crippen LogP contribution in [-0.4, -0.2) is 41.5 Å². The number of hydrogen-bond acceptors (Lipinski definition) is 6. The van der Waals surface area contributed by atoms with E-state index in [1.54, 1.807) is 36.7 Å². The van der Waals surface area contributed by atoms with E-state index in [9.17, 15) is 9.59 Å². The van der Waals surface area contributed by atoms with Gasteiger partial charge < -0.3 is 10.1 Å². The van der Waals surface area contributed by atoms with Gasteiger partial charge in [-0.05, 0) is 50.6 Å². The SMILES string of the molecule is Cc1cccc(-n2ncc3c(=O)[nH]c(-n4nc(C)cc4NC(=O)C(C)Oc4ccccc4)nc32)c1. The molecule has 0 spiro atoms. The molecule has 0 fully saturated rings. The predicted octanol–water partition coefficient (Wildman–Crippen LogP) is 3.32. The molecule has 5 aromatic rings. The summed E-state index contributed by atoms with van der Waals surface area (Å²) in [5.74, 6) is 0.709. The lowest BCUT2D eigenvalue weighted by molar-refractivity contribution is -0.122. The van der Waals surface area contributed by atoms with Gasteiger partial charge in [0.25, 0.3) is 11.5 Å². The number of nitrogens with zero attached hydrogens (tertiary/aromatic N) is 5. The lowest BCUT2D eigenvalue weighted by Gasteiger charge is -2.15. The molecular formula is C25H23N7O3. The fourth-order valence-electron chi connectivity index (χ4n) is 3.69. The number of nitrogens with one attached hydrogen (secondary N) is 2. The van der Waals surface area contributed by atoms with Crippen LogP contribution in [0, 0.1) is 13.8 Å².